The summed E-state index contributed by atoms with van der Waals surface area (Å²) in [4.78, 5) is 27.0. The van der Waals surface area contributed by atoms with Crippen LogP contribution in [0.25, 0.3) is 0 Å². The molecular formula is C24H36BNO7. The molecule has 182 valence electrons. The fourth-order valence-electron chi connectivity index (χ4n) is 3.86. The Morgan fingerprint density at radius 2 is 1.55 bits per heavy atom. The highest BCUT2D eigenvalue weighted by molar-refractivity contribution is 6.63. The van der Waals surface area contributed by atoms with Gasteiger partial charge in [0, 0.05) is 31.4 Å². The Morgan fingerprint density at radius 3 is 2.06 bits per heavy atom. The van der Waals surface area contributed by atoms with E-state index in [9.17, 15) is 9.59 Å². The number of esters is 1. The predicted molar refractivity (Wildman–Crippen MR) is 125 cm³/mol. The zero-order valence-corrected chi connectivity index (χ0v) is 21.0. The molecule has 0 saturated carbocycles. The summed E-state index contributed by atoms with van der Waals surface area (Å²) in [5, 5.41) is 0. The Balaban J connectivity index is 1.82. The predicted octanol–water partition coefficient (Wildman–Crippen LogP) is 3.31. The summed E-state index contributed by atoms with van der Waals surface area (Å²) in [5.41, 5.74) is -2.14. The van der Waals surface area contributed by atoms with E-state index in [-0.39, 0.29) is 12.8 Å². The molecule has 2 heterocycles. The summed E-state index contributed by atoms with van der Waals surface area (Å²) in [5.74, 6) is 0.0159. The van der Waals surface area contributed by atoms with Crippen LogP contribution in [0.3, 0.4) is 0 Å². The quantitative estimate of drug-likeness (QED) is 0.503. The van der Waals surface area contributed by atoms with Gasteiger partial charge in [-0.1, -0.05) is 18.2 Å². The SMILES string of the molecule is COC(=O)C1(Oc2ccccc2B2OC(C)(C)C(C)(C)O2)CCN(C(=O)OC(C)(C)C)CC1. The first-order valence-corrected chi connectivity index (χ1v) is 11.4. The number of para-hydroxylation sites is 1. The lowest BCUT2D eigenvalue weighted by Crippen LogP contribution is -2.56. The number of rotatable bonds is 4. The van der Waals surface area contributed by atoms with Gasteiger partial charge in [0.2, 0.25) is 5.60 Å². The number of methoxy groups -OCH3 is 1. The molecule has 0 spiro atoms. The van der Waals surface area contributed by atoms with Crippen LogP contribution in [0.4, 0.5) is 4.79 Å². The van der Waals surface area contributed by atoms with Crippen LogP contribution in [0, 0.1) is 0 Å². The molecule has 0 aliphatic carbocycles. The highest BCUT2D eigenvalue weighted by Gasteiger charge is 2.53. The molecule has 1 aromatic carbocycles. The van der Waals surface area contributed by atoms with Gasteiger partial charge in [-0.05, 0) is 54.5 Å². The van der Waals surface area contributed by atoms with Gasteiger partial charge in [-0.2, -0.15) is 0 Å². The maximum atomic E-state index is 12.9. The monoisotopic (exact) mass is 461 g/mol. The van der Waals surface area contributed by atoms with E-state index in [2.05, 4.69) is 0 Å². The van der Waals surface area contributed by atoms with Crippen LogP contribution < -0.4 is 10.2 Å². The second-order valence-electron chi connectivity index (χ2n) is 10.7. The molecule has 0 bridgehead atoms. The van der Waals surface area contributed by atoms with Gasteiger partial charge in [0.05, 0.1) is 18.3 Å². The third-order valence-electron chi connectivity index (χ3n) is 6.51. The van der Waals surface area contributed by atoms with Crippen molar-refractivity contribution in [2.24, 2.45) is 0 Å². The first-order valence-electron chi connectivity index (χ1n) is 11.4. The maximum Gasteiger partial charge on any atom is 0.498 e. The molecule has 0 N–H and O–H groups in total. The van der Waals surface area contributed by atoms with E-state index < -0.39 is 41.6 Å². The molecule has 0 aromatic heterocycles. The molecule has 2 fully saturated rings. The minimum absolute atomic E-state index is 0.274. The molecule has 33 heavy (non-hydrogen) atoms. The van der Waals surface area contributed by atoms with Crippen molar-refractivity contribution in [2.75, 3.05) is 20.2 Å². The van der Waals surface area contributed by atoms with Crippen molar-refractivity contribution in [1.82, 2.24) is 4.90 Å². The summed E-state index contributed by atoms with van der Waals surface area (Å²) in [6.07, 6.45) is 0.145. The Hall–Kier alpha value is -2.26. The summed E-state index contributed by atoms with van der Waals surface area (Å²) >= 11 is 0. The van der Waals surface area contributed by atoms with Crippen molar-refractivity contribution in [3.63, 3.8) is 0 Å². The third-order valence-corrected chi connectivity index (χ3v) is 6.51. The topological polar surface area (TPSA) is 83.5 Å². The van der Waals surface area contributed by atoms with Crippen LogP contribution in [0.15, 0.2) is 24.3 Å². The molecule has 2 saturated heterocycles. The number of nitrogens with zero attached hydrogens (tertiary/aromatic N) is 1. The number of likely N-dealkylation sites (tertiary alicyclic amines) is 1. The summed E-state index contributed by atoms with van der Waals surface area (Å²) in [7, 11) is 0.705. The van der Waals surface area contributed by atoms with E-state index in [0.717, 1.165) is 0 Å². The van der Waals surface area contributed by atoms with Crippen LogP contribution in [-0.2, 0) is 23.6 Å². The van der Waals surface area contributed by atoms with Gasteiger partial charge in [-0.15, -0.1) is 0 Å². The molecule has 2 aliphatic rings. The van der Waals surface area contributed by atoms with E-state index in [4.69, 9.17) is 23.5 Å². The van der Waals surface area contributed by atoms with Crippen molar-refractivity contribution in [3.8, 4) is 5.75 Å². The smallest absolute Gasteiger partial charge is 0.476 e. The fourth-order valence-corrected chi connectivity index (χ4v) is 3.86. The number of benzene rings is 1. The van der Waals surface area contributed by atoms with Crippen LogP contribution in [0.1, 0.15) is 61.3 Å². The second kappa shape index (κ2) is 8.83. The lowest BCUT2D eigenvalue weighted by Gasteiger charge is -2.40. The van der Waals surface area contributed by atoms with E-state index in [0.29, 0.717) is 24.3 Å². The molecule has 2 aliphatic heterocycles. The highest BCUT2D eigenvalue weighted by atomic mass is 16.7. The molecule has 0 radical (unpaired) electrons. The Bertz CT molecular complexity index is 869. The summed E-state index contributed by atoms with van der Waals surface area (Å²) < 4.78 is 29.4. The summed E-state index contributed by atoms with van der Waals surface area (Å²) in [6, 6.07) is 7.39. The third kappa shape index (κ3) is 5.30. The molecular weight excluding hydrogens is 425 g/mol. The van der Waals surface area contributed by atoms with Crippen LogP contribution in [-0.4, -0.2) is 66.7 Å². The number of carbonyl (C=O) groups excluding carboxylic acids is 2. The van der Waals surface area contributed by atoms with Gasteiger partial charge in [-0.3, -0.25) is 0 Å². The van der Waals surface area contributed by atoms with Crippen molar-refractivity contribution < 1.29 is 33.1 Å². The zero-order chi connectivity index (χ0) is 24.7. The van der Waals surface area contributed by atoms with Crippen molar-refractivity contribution in [1.29, 1.82) is 0 Å². The first kappa shape index (κ1) is 25.4. The van der Waals surface area contributed by atoms with Gasteiger partial charge < -0.3 is 28.4 Å². The lowest BCUT2D eigenvalue weighted by atomic mass is 9.78. The van der Waals surface area contributed by atoms with Crippen molar-refractivity contribution in [3.05, 3.63) is 24.3 Å². The Kier molecular flexibility index (Phi) is 6.79. The number of carbonyl (C=O) groups is 2. The van der Waals surface area contributed by atoms with Crippen LogP contribution in [0.2, 0.25) is 0 Å². The number of hydrogen-bond acceptors (Lipinski definition) is 7. The van der Waals surface area contributed by atoms with Gasteiger partial charge in [0.1, 0.15) is 11.4 Å². The zero-order valence-electron chi connectivity index (χ0n) is 21.0. The standard InChI is InChI=1S/C24H36BNO7/c1-21(2,3)31-20(28)26-15-13-24(14-16-26,19(27)29-8)30-18-12-10-9-11-17(18)25-32-22(4,5)23(6,7)33-25/h9-12H,13-16H2,1-8H3. The Morgan fingerprint density at radius 1 is 1.00 bits per heavy atom. The molecule has 8 nitrogen and oxygen atoms in total. The van der Waals surface area contributed by atoms with E-state index in [1.54, 1.807) is 11.0 Å². The molecule has 0 atom stereocenters. The number of amides is 1. The van der Waals surface area contributed by atoms with Gasteiger partial charge in [-0.25, -0.2) is 9.59 Å². The molecule has 3 rings (SSSR count). The molecule has 9 heteroatoms. The van der Waals surface area contributed by atoms with E-state index >= 15 is 0 Å². The van der Waals surface area contributed by atoms with Gasteiger partial charge in [0.15, 0.2) is 0 Å². The fraction of sp³-hybridized carbons (Fsp3) is 0.667. The van der Waals surface area contributed by atoms with Crippen LogP contribution in [0.5, 0.6) is 5.75 Å². The number of piperidine rings is 1. The Labute approximate surface area is 197 Å². The van der Waals surface area contributed by atoms with Gasteiger partial charge in [0.25, 0.3) is 0 Å². The minimum atomic E-state index is -1.23. The van der Waals surface area contributed by atoms with Crippen molar-refractivity contribution >= 4 is 24.6 Å². The second-order valence-corrected chi connectivity index (χ2v) is 10.7. The maximum absolute atomic E-state index is 12.9. The van der Waals surface area contributed by atoms with E-state index in [1.165, 1.54) is 7.11 Å². The normalized spacial score (nSPS) is 21.5. The van der Waals surface area contributed by atoms with Crippen LogP contribution >= 0.6 is 0 Å². The highest BCUT2D eigenvalue weighted by Crippen LogP contribution is 2.38. The minimum Gasteiger partial charge on any atom is -0.476 e. The lowest BCUT2D eigenvalue weighted by molar-refractivity contribution is -0.163. The van der Waals surface area contributed by atoms with Crippen molar-refractivity contribution in [2.45, 2.75) is 83.7 Å². The van der Waals surface area contributed by atoms with E-state index in [1.807, 2.05) is 66.7 Å². The number of hydrogen-bond donors (Lipinski definition) is 0. The average Bonchev–Trinajstić information content (AvgIpc) is 2.93. The molecule has 1 aromatic rings. The average molecular weight is 461 g/mol. The van der Waals surface area contributed by atoms with Gasteiger partial charge >= 0.3 is 19.2 Å². The first-order chi connectivity index (χ1) is 15.2. The molecule has 0 unspecified atom stereocenters. The largest absolute Gasteiger partial charge is 0.498 e. The number of ether oxygens (including phenoxy) is 3. The molecule has 1 amide bonds. The summed E-state index contributed by atoms with van der Waals surface area (Å²) in [6.45, 7) is 14.0.